The quantitative estimate of drug-likeness (QED) is 0.108. The number of carboxylic acids is 1. The van der Waals surface area contributed by atoms with Crippen molar-refractivity contribution in [3.8, 4) is 11.1 Å². The van der Waals surface area contributed by atoms with Gasteiger partial charge in [0, 0.05) is 83.2 Å². The van der Waals surface area contributed by atoms with E-state index in [1.807, 2.05) is 29.8 Å². The van der Waals surface area contributed by atoms with E-state index in [0.717, 1.165) is 119 Å². The average Bonchev–Trinajstić information content (AvgIpc) is 3.94. The number of anilines is 2. The summed E-state index contributed by atoms with van der Waals surface area (Å²) in [4.78, 5) is 66.8. The standard InChI is InChI=1S/C46H54Cl2N8O5/c1-53(2)38(57)12-4-5-20-55-21-13-29-24-35(49-25-30(29)26-55)42(58)51-33-10-6-8-31(39(33)47)32-9-7-11-34(40(32)48)52-43(59)41-50-36-27-56(22-14-37(36)54(41)3)23-19-45-15-17-46(28-45,18-16-45)44(60)61/h6-11,24-25H,4-5,12-23,26-28H2,1-3H3,(H,51,58)(H,52,59)(H,60,61). The number of nitrogens with one attached hydrogen (secondary N) is 2. The number of carbonyl (C=O) groups is 4. The van der Waals surface area contributed by atoms with Gasteiger partial charge in [-0.3, -0.25) is 34.0 Å². The number of imidazole rings is 1. The molecule has 2 aromatic carbocycles. The lowest BCUT2D eigenvalue weighted by Gasteiger charge is -2.32. The maximum Gasteiger partial charge on any atom is 0.309 e. The van der Waals surface area contributed by atoms with Gasteiger partial charge in [0.15, 0.2) is 5.82 Å². The van der Waals surface area contributed by atoms with Crippen LogP contribution in [-0.4, -0.2) is 98.3 Å². The first-order chi connectivity index (χ1) is 29.2. The summed E-state index contributed by atoms with van der Waals surface area (Å²) in [5.74, 6) is -0.943. The molecule has 8 rings (SSSR count). The summed E-state index contributed by atoms with van der Waals surface area (Å²) in [6, 6.07) is 12.5. The minimum Gasteiger partial charge on any atom is -0.481 e. The normalized spacial score (nSPS) is 20.9. The maximum atomic E-state index is 13.8. The highest BCUT2D eigenvalue weighted by atomic mass is 35.5. The number of hydrogen-bond donors (Lipinski definition) is 3. The van der Waals surface area contributed by atoms with Crippen LogP contribution in [0.25, 0.3) is 11.1 Å². The second kappa shape index (κ2) is 17.5. The Morgan fingerprint density at radius 3 is 2.15 bits per heavy atom. The first-order valence-electron chi connectivity index (χ1n) is 21.4. The molecule has 4 heterocycles. The molecule has 2 fully saturated rings. The monoisotopic (exact) mass is 868 g/mol. The van der Waals surface area contributed by atoms with Crippen LogP contribution in [0, 0.1) is 10.8 Å². The predicted octanol–water partition coefficient (Wildman–Crippen LogP) is 7.69. The molecule has 0 radical (unpaired) electrons. The first-order valence-corrected chi connectivity index (χ1v) is 22.1. The van der Waals surface area contributed by atoms with Crippen LogP contribution < -0.4 is 10.6 Å². The number of unbranched alkanes of at least 4 members (excludes halogenated alkanes) is 1. The van der Waals surface area contributed by atoms with E-state index in [1.54, 1.807) is 49.5 Å². The lowest BCUT2D eigenvalue weighted by molar-refractivity contribution is -0.148. The van der Waals surface area contributed by atoms with Gasteiger partial charge in [0.05, 0.1) is 32.5 Å². The van der Waals surface area contributed by atoms with Crippen molar-refractivity contribution in [3.63, 3.8) is 0 Å². The number of hydrogen-bond acceptors (Lipinski definition) is 8. The topological polar surface area (TPSA) is 153 Å². The van der Waals surface area contributed by atoms with Gasteiger partial charge in [0.25, 0.3) is 11.8 Å². The van der Waals surface area contributed by atoms with Gasteiger partial charge < -0.3 is 25.2 Å². The molecule has 2 aliphatic carbocycles. The smallest absolute Gasteiger partial charge is 0.309 e. The maximum absolute atomic E-state index is 13.8. The van der Waals surface area contributed by atoms with Gasteiger partial charge in [0.2, 0.25) is 5.91 Å². The minimum atomic E-state index is -0.631. The molecule has 13 nitrogen and oxygen atoms in total. The Kier molecular flexibility index (Phi) is 12.3. The fourth-order valence-electron chi connectivity index (χ4n) is 10.0. The van der Waals surface area contributed by atoms with E-state index in [1.165, 1.54) is 0 Å². The number of aliphatic carboxylic acids is 1. The van der Waals surface area contributed by atoms with Gasteiger partial charge >= 0.3 is 5.97 Å². The van der Waals surface area contributed by atoms with Crippen LogP contribution in [-0.2, 0) is 42.6 Å². The number of rotatable bonds is 14. The van der Waals surface area contributed by atoms with Gasteiger partial charge in [-0.15, -0.1) is 0 Å². The lowest BCUT2D eigenvalue weighted by Crippen LogP contribution is -2.34. The number of benzene rings is 2. The Morgan fingerprint density at radius 1 is 0.836 bits per heavy atom. The third kappa shape index (κ3) is 8.80. The Labute approximate surface area is 366 Å². The van der Waals surface area contributed by atoms with Crippen LogP contribution in [0.2, 0.25) is 10.0 Å². The number of nitrogens with zero attached hydrogens (tertiary/aromatic N) is 6. The van der Waals surface area contributed by atoms with Gasteiger partial charge in [-0.25, -0.2) is 4.98 Å². The lowest BCUT2D eigenvalue weighted by atomic mass is 9.80. The van der Waals surface area contributed by atoms with Crippen molar-refractivity contribution in [2.24, 2.45) is 17.9 Å². The number of pyridine rings is 1. The second-order valence-electron chi connectivity index (χ2n) is 17.8. The third-order valence-electron chi connectivity index (χ3n) is 13.7. The van der Waals surface area contributed by atoms with E-state index >= 15 is 0 Å². The van der Waals surface area contributed by atoms with Crippen LogP contribution in [0.15, 0.2) is 48.7 Å². The molecule has 2 saturated carbocycles. The average molecular weight is 870 g/mol. The Bertz CT molecular complexity index is 2370. The first kappa shape index (κ1) is 42.9. The minimum absolute atomic E-state index is 0.128. The highest BCUT2D eigenvalue weighted by Gasteiger charge is 2.57. The summed E-state index contributed by atoms with van der Waals surface area (Å²) in [5.41, 5.74) is 5.99. The number of carbonyl (C=O) groups excluding carboxylic acids is 3. The van der Waals surface area contributed by atoms with Crippen LogP contribution in [0.1, 0.15) is 101 Å². The summed E-state index contributed by atoms with van der Waals surface area (Å²) in [6.45, 7) is 4.92. The molecule has 0 saturated heterocycles. The van der Waals surface area contributed by atoms with Crippen molar-refractivity contribution in [3.05, 3.63) is 92.7 Å². The van der Waals surface area contributed by atoms with Crippen molar-refractivity contribution in [1.82, 2.24) is 29.2 Å². The van der Waals surface area contributed by atoms with E-state index in [4.69, 9.17) is 28.2 Å². The SMILES string of the molecule is CN(C)C(=O)CCCCN1CCc2cc(C(=O)Nc3cccc(-c4cccc(NC(=O)c5nc6c(n5C)CCN(CCC57CCC(C(=O)O)(CC5)C7)C6)c4Cl)c3Cl)ncc2C1. The molecule has 4 aromatic rings. The summed E-state index contributed by atoms with van der Waals surface area (Å²) in [6.07, 6.45) is 11.0. The van der Waals surface area contributed by atoms with E-state index < -0.39 is 11.4 Å². The van der Waals surface area contributed by atoms with Gasteiger partial charge in [-0.2, -0.15) is 0 Å². The van der Waals surface area contributed by atoms with Crippen molar-refractivity contribution in [1.29, 1.82) is 0 Å². The second-order valence-corrected chi connectivity index (χ2v) is 18.5. The highest BCUT2D eigenvalue weighted by molar-refractivity contribution is 6.40. The van der Waals surface area contributed by atoms with E-state index in [0.29, 0.717) is 57.0 Å². The number of aromatic nitrogens is 3. The van der Waals surface area contributed by atoms with Crippen LogP contribution in [0.4, 0.5) is 11.4 Å². The highest BCUT2D eigenvalue weighted by Crippen LogP contribution is 2.63. The molecule has 0 spiro atoms. The van der Waals surface area contributed by atoms with Crippen LogP contribution >= 0.6 is 23.2 Å². The van der Waals surface area contributed by atoms with Gasteiger partial charge in [0.1, 0.15) is 5.69 Å². The number of carboxylic acid groups (broad SMARTS) is 1. The van der Waals surface area contributed by atoms with Gasteiger partial charge in [-0.1, -0.05) is 47.5 Å². The molecule has 3 amide bonds. The molecule has 322 valence electrons. The molecule has 0 atom stereocenters. The number of halogens is 2. The molecule has 61 heavy (non-hydrogen) atoms. The van der Waals surface area contributed by atoms with Crippen molar-refractivity contribution in [2.75, 3.05) is 50.9 Å². The molecular weight excluding hydrogens is 815 g/mol. The molecular formula is C46H54Cl2N8O5. The fourth-order valence-corrected chi connectivity index (χ4v) is 10.6. The zero-order chi connectivity index (χ0) is 43.1. The zero-order valence-corrected chi connectivity index (χ0v) is 36.7. The molecule has 0 unspecified atom stereocenters. The number of amides is 3. The molecule has 2 aliphatic heterocycles. The van der Waals surface area contributed by atoms with E-state index in [9.17, 15) is 24.3 Å². The van der Waals surface area contributed by atoms with Crippen molar-refractivity contribution >= 4 is 58.3 Å². The van der Waals surface area contributed by atoms with Crippen molar-refractivity contribution in [2.45, 2.75) is 83.7 Å². The fraction of sp³-hybridized carbons (Fsp3) is 0.478. The van der Waals surface area contributed by atoms with Crippen LogP contribution in [0.3, 0.4) is 0 Å². The summed E-state index contributed by atoms with van der Waals surface area (Å²) < 4.78 is 1.86. The number of fused-ring (bicyclic) bond motifs is 4. The molecule has 2 aromatic heterocycles. The molecule has 15 heteroatoms. The Balaban J connectivity index is 0.886. The molecule has 2 bridgehead atoms. The summed E-state index contributed by atoms with van der Waals surface area (Å²) in [7, 11) is 5.43. The third-order valence-corrected chi connectivity index (χ3v) is 14.6. The molecule has 3 N–H and O–H groups in total. The molecule has 4 aliphatic rings. The van der Waals surface area contributed by atoms with Gasteiger partial charge in [-0.05, 0) is 106 Å². The van der Waals surface area contributed by atoms with E-state index in [-0.39, 0.29) is 23.1 Å². The van der Waals surface area contributed by atoms with E-state index in [2.05, 4.69) is 25.4 Å². The largest absolute Gasteiger partial charge is 0.481 e. The Morgan fingerprint density at radius 2 is 1.49 bits per heavy atom. The summed E-state index contributed by atoms with van der Waals surface area (Å²) in [5, 5.41) is 16.3. The van der Waals surface area contributed by atoms with Crippen LogP contribution in [0.5, 0.6) is 0 Å². The predicted molar refractivity (Wildman–Crippen MR) is 236 cm³/mol. The summed E-state index contributed by atoms with van der Waals surface area (Å²) >= 11 is 13.9. The Hall–Kier alpha value is -4.82. The zero-order valence-electron chi connectivity index (χ0n) is 35.2. The van der Waals surface area contributed by atoms with Crippen molar-refractivity contribution < 1.29 is 24.3 Å².